The first-order valence-corrected chi connectivity index (χ1v) is 6.03. The summed E-state index contributed by atoms with van der Waals surface area (Å²) in [7, 11) is 4.10. The lowest BCUT2D eigenvalue weighted by atomic mass is 9.70. The maximum atomic E-state index is 12.5. The Hall–Kier alpha value is -0.370. The van der Waals surface area contributed by atoms with Crippen molar-refractivity contribution in [1.82, 2.24) is 4.90 Å². The van der Waals surface area contributed by atoms with Crippen LogP contribution in [0.25, 0.3) is 0 Å². The minimum absolute atomic E-state index is 0.184. The SMILES string of the molecule is CN(C)C1(C(=O)C(C)(C)C)CCCCC1. The molecule has 2 nitrogen and oxygen atoms in total. The van der Waals surface area contributed by atoms with Gasteiger partial charge in [0.05, 0.1) is 5.54 Å². The van der Waals surface area contributed by atoms with Crippen LogP contribution in [0.1, 0.15) is 52.9 Å². The number of Topliss-reactive ketones (excluding diaryl/α,β-unsaturated/α-hetero) is 1. The third-order valence-electron chi connectivity index (χ3n) is 3.64. The molecule has 88 valence electrons. The molecule has 0 aromatic heterocycles. The maximum absolute atomic E-state index is 12.5. The van der Waals surface area contributed by atoms with E-state index in [0.717, 1.165) is 12.8 Å². The zero-order valence-corrected chi connectivity index (χ0v) is 10.9. The molecule has 0 aliphatic heterocycles. The lowest BCUT2D eigenvalue weighted by Crippen LogP contribution is -2.56. The molecule has 0 aromatic rings. The Morgan fingerprint density at radius 1 is 1.07 bits per heavy atom. The van der Waals surface area contributed by atoms with Crippen LogP contribution in [-0.2, 0) is 4.79 Å². The first-order chi connectivity index (χ1) is 6.81. The van der Waals surface area contributed by atoms with Crippen LogP contribution >= 0.6 is 0 Å². The van der Waals surface area contributed by atoms with Gasteiger partial charge in [0.15, 0.2) is 5.78 Å². The van der Waals surface area contributed by atoms with Crippen molar-refractivity contribution in [3.63, 3.8) is 0 Å². The standard InChI is InChI=1S/C13H25NO/c1-12(2,3)11(15)13(14(4)5)9-7-6-8-10-13/h6-10H2,1-5H3. The average molecular weight is 211 g/mol. The summed E-state index contributed by atoms with van der Waals surface area (Å²) in [5.74, 6) is 0.416. The van der Waals surface area contributed by atoms with E-state index in [-0.39, 0.29) is 11.0 Å². The van der Waals surface area contributed by atoms with Gasteiger partial charge in [0, 0.05) is 5.41 Å². The molecule has 0 saturated heterocycles. The van der Waals surface area contributed by atoms with E-state index in [1.807, 2.05) is 20.8 Å². The van der Waals surface area contributed by atoms with Gasteiger partial charge in [0.25, 0.3) is 0 Å². The fraction of sp³-hybridized carbons (Fsp3) is 0.923. The van der Waals surface area contributed by atoms with Crippen molar-refractivity contribution in [2.75, 3.05) is 14.1 Å². The maximum Gasteiger partial charge on any atom is 0.158 e. The third kappa shape index (κ3) is 2.41. The molecule has 0 atom stereocenters. The number of hydrogen-bond acceptors (Lipinski definition) is 2. The van der Waals surface area contributed by atoms with Gasteiger partial charge in [-0.2, -0.15) is 0 Å². The smallest absolute Gasteiger partial charge is 0.158 e. The lowest BCUT2D eigenvalue weighted by Gasteiger charge is -2.44. The normalized spacial score (nSPS) is 21.7. The largest absolute Gasteiger partial charge is 0.297 e. The summed E-state index contributed by atoms with van der Waals surface area (Å²) in [5, 5.41) is 0. The van der Waals surface area contributed by atoms with Gasteiger partial charge in [0.2, 0.25) is 0 Å². The van der Waals surface area contributed by atoms with E-state index in [4.69, 9.17) is 0 Å². The molecule has 0 bridgehead atoms. The summed E-state index contributed by atoms with van der Waals surface area (Å²) < 4.78 is 0. The van der Waals surface area contributed by atoms with Crippen LogP contribution in [0, 0.1) is 5.41 Å². The van der Waals surface area contributed by atoms with Crippen molar-refractivity contribution < 1.29 is 4.79 Å². The molecule has 1 saturated carbocycles. The quantitative estimate of drug-likeness (QED) is 0.700. The second kappa shape index (κ2) is 4.25. The van der Waals surface area contributed by atoms with Crippen molar-refractivity contribution >= 4 is 5.78 Å². The summed E-state index contributed by atoms with van der Waals surface area (Å²) in [6.45, 7) is 6.11. The summed E-state index contributed by atoms with van der Waals surface area (Å²) in [6, 6.07) is 0. The van der Waals surface area contributed by atoms with Gasteiger partial charge >= 0.3 is 0 Å². The van der Waals surface area contributed by atoms with Crippen molar-refractivity contribution in [2.24, 2.45) is 5.41 Å². The molecule has 0 spiro atoms. The van der Waals surface area contributed by atoms with Crippen LogP contribution in [0.15, 0.2) is 0 Å². The van der Waals surface area contributed by atoms with Gasteiger partial charge in [-0.05, 0) is 26.9 Å². The number of rotatable bonds is 2. The molecule has 0 unspecified atom stereocenters. The molecule has 1 rings (SSSR count). The fourth-order valence-electron chi connectivity index (χ4n) is 2.71. The molecule has 0 radical (unpaired) electrons. The van der Waals surface area contributed by atoms with Gasteiger partial charge < -0.3 is 0 Å². The molecule has 1 aliphatic rings. The minimum atomic E-state index is -0.221. The van der Waals surface area contributed by atoms with Gasteiger partial charge in [0.1, 0.15) is 0 Å². The van der Waals surface area contributed by atoms with E-state index in [9.17, 15) is 4.79 Å². The Morgan fingerprint density at radius 2 is 1.53 bits per heavy atom. The van der Waals surface area contributed by atoms with Crippen molar-refractivity contribution in [1.29, 1.82) is 0 Å². The Balaban J connectivity index is 2.95. The Kier molecular flexibility index (Phi) is 3.59. The van der Waals surface area contributed by atoms with Crippen LogP contribution < -0.4 is 0 Å². The number of hydrogen-bond donors (Lipinski definition) is 0. The number of likely N-dealkylation sites (N-methyl/N-ethyl adjacent to an activating group) is 1. The zero-order valence-electron chi connectivity index (χ0n) is 10.9. The van der Waals surface area contributed by atoms with Crippen molar-refractivity contribution in [3.05, 3.63) is 0 Å². The fourth-order valence-corrected chi connectivity index (χ4v) is 2.71. The lowest BCUT2D eigenvalue weighted by molar-refractivity contribution is -0.140. The van der Waals surface area contributed by atoms with E-state index >= 15 is 0 Å². The van der Waals surface area contributed by atoms with Crippen LogP contribution in [0.4, 0.5) is 0 Å². The average Bonchev–Trinajstić information content (AvgIpc) is 2.16. The van der Waals surface area contributed by atoms with Crippen LogP contribution in [-0.4, -0.2) is 30.3 Å². The summed E-state index contributed by atoms with van der Waals surface area (Å²) in [4.78, 5) is 14.7. The first-order valence-electron chi connectivity index (χ1n) is 6.03. The van der Waals surface area contributed by atoms with Gasteiger partial charge in [-0.25, -0.2) is 0 Å². The highest BCUT2D eigenvalue weighted by Crippen LogP contribution is 2.38. The predicted octanol–water partition coefficient (Wildman–Crippen LogP) is 2.87. The summed E-state index contributed by atoms with van der Waals surface area (Å²) in [5.41, 5.74) is -0.405. The predicted molar refractivity (Wildman–Crippen MR) is 64.0 cm³/mol. The number of carbonyl (C=O) groups is 1. The molecule has 0 amide bonds. The van der Waals surface area contributed by atoms with E-state index in [2.05, 4.69) is 19.0 Å². The number of nitrogens with zero attached hydrogens (tertiary/aromatic N) is 1. The van der Waals surface area contributed by atoms with Crippen molar-refractivity contribution in [3.8, 4) is 0 Å². The molecule has 0 heterocycles. The van der Waals surface area contributed by atoms with E-state index < -0.39 is 0 Å². The van der Waals surface area contributed by atoms with Crippen LogP contribution in [0.5, 0.6) is 0 Å². The summed E-state index contributed by atoms with van der Waals surface area (Å²) in [6.07, 6.45) is 5.75. The Morgan fingerprint density at radius 3 is 1.87 bits per heavy atom. The molecular formula is C13H25NO. The highest BCUT2D eigenvalue weighted by Gasteiger charge is 2.45. The molecule has 2 heteroatoms. The number of carbonyl (C=O) groups excluding carboxylic acids is 1. The minimum Gasteiger partial charge on any atom is -0.297 e. The van der Waals surface area contributed by atoms with E-state index in [1.165, 1.54) is 19.3 Å². The number of ketones is 1. The molecule has 1 fully saturated rings. The second-order valence-electron chi connectivity index (χ2n) is 6.07. The van der Waals surface area contributed by atoms with Gasteiger partial charge in [-0.15, -0.1) is 0 Å². The highest BCUT2D eigenvalue weighted by atomic mass is 16.1. The topological polar surface area (TPSA) is 20.3 Å². The highest BCUT2D eigenvalue weighted by molar-refractivity contribution is 5.92. The first kappa shape index (κ1) is 12.7. The monoisotopic (exact) mass is 211 g/mol. The third-order valence-corrected chi connectivity index (χ3v) is 3.64. The zero-order chi connectivity index (χ0) is 11.7. The van der Waals surface area contributed by atoms with Crippen LogP contribution in [0.2, 0.25) is 0 Å². The second-order valence-corrected chi connectivity index (χ2v) is 6.07. The van der Waals surface area contributed by atoms with Gasteiger partial charge in [-0.3, -0.25) is 9.69 Å². The Bertz CT molecular complexity index is 231. The molecule has 0 N–H and O–H groups in total. The van der Waals surface area contributed by atoms with Crippen molar-refractivity contribution in [2.45, 2.75) is 58.4 Å². The summed E-state index contributed by atoms with van der Waals surface area (Å²) >= 11 is 0. The molecular weight excluding hydrogens is 186 g/mol. The molecule has 1 aliphatic carbocycles. The van der Waals surface area contributed by atoms with Gasteiger partial charge in [-0.1, -0.05) is 40.0 Å². The van der Waals surface area contributed by atoms with Crippen LogP contribution in [0.3, 0.4) is 0 Å². The van der Waals surface area contributed by atoms with E-state index in [0.29, 0.717) is 5.78 Å². The van der Waals surface area contributed by atoms with E-state index in [1.54, 1.807) is 0 Å². The molecule has 0 aromatic carbocycles. The molecule has 15 heavy (non-hydrogen) atoms. The Labute approximate surface area is 94.0 Å².